The molecule has 1 N–H and O–H groups in total. The van der Waals surface area contributed by atoms with Gasteiger partial charge in [-0.05, 0) is 41.8 Å². The van der Waals surface area contributed by atoms with Crippen LogP contribution in [0.4, 0.5) is 0 Å². The van der Waals surface area contributed by atoms with Crippen molar-refractivity contribution < 1.29 is 24.2 Å². The number of Topliss-reactive ketones (excluding diaryl/α,β-unsaturated/α-hetero) is 1. The van der Waals surface area contributed by atoms with E-state index in [9.17, 15) is 9.59 Å². The Kier molecular flexibility index (Phi) is 7.00. The fourth-order valence-electron chi connectivity index (χ4n) is 2.71. The lowest BCUT2D eigenvalue weighted by Gasteiger charge is -2.09. The predicted molar refractivity (Wildman–Crippen MR) is 109 cm³/mol. The summed E-state index contributed by atoms with van der Waals surface area (Å²) in [5, 5.41) is 8.72. The van der Waals surface area contributed by atoms with Gasteiger partial charge in [0.15, 0.2) is 12.4 Å². The fourth-order valence-corrected chi connectivity index (χ4v) is 2.71. The molecule has 3 rings (SSSR count). The monoisotopic (exact) mass is 390 g/mol. The summed E-state index contributed by atoms with van der Waals surface area (Å²) < 4.78 is 11.3. The fraction of sp³-hybridized carbons (Fsp3) is 0.167. The first-order valence-corrected chi connectivity index (χ1v) is 9.34. The SMILES string of the molecule is O=C(O)CCc1ccc(OCc2ccc(OCC(=O)c3ccccc3)cc2)cc1. The second-order valence-corrected chi connectivity index (χ2v) is 6.55. The van der Waals surface area contributed by atoms with E-state index in [0.717, 1.165) is 16.9 Å². The van der Waals surface area contributed by atoms with E-state index >= 15 is 0 Å². The number of aryl methyl sites for hydroxylation is 1. The van der Waals surface area contributed by atoms with Crippen LogP contribution >= 0.6 is 0 Å². The number of aliphatic carboxylic acids is 1. The first kappa shape index (κ1) is 20.1. The summed E-state index contributed by atoms with van der Waals surface area (Å²) in [6.07, 6.45) is 0.620. The molecular formula is C24H22O5. The lowest BCUT2D eigenvalue weighted by molar-refractivity contribution is -0.136. The molecule has 0 saturated carbocycles. The van der Waals surface area contributed by atoms with Gasteiger partial charge in [-0.1, -0.05) is 54.6 Å². The average Bonchev–Trinajstić information content (AvgIpc) is 2.76. The molecule has 5 heteroatoms. The van der Waals surface area contributed by atoms with Crippen LogP contribution in [0.2, 0.25) is 0 Å². The highest BCUT2D eigenvalue weighted by molar-refractivity contribution is 5.97. The van der Waals surface area contributed by atoms with Crippen molar-refractivity contribution in [2.75, 3.05) is 6.61 Å². The summed E-state index contributed by atoms with van der Waals surface area (Å²) >= 11 is 0. The molecule has 0 aromatic heterocycles. The van der Waals surface area contributed by atoms with Crippen LogP contribution in [0.1, 0.15) is 27.9 Å². The molecule has 29 heavy (non-hydrogen) atoms. The number of benzene rings is 3. The maximum Gasteiger partial charge on any atom is 0.303 e. The van der Waals surface area contributed by atoms with E-state index in [-0.39, 0.29) is 18.8 Å². The highest BCUT2D eigenvalue weighted by Gasteiger charge is 2.06. The van der Waals surface area contributed by atoms with E-state index in [1.165, 1.54) is 0 Å². The molecule has 0 heterocycles. The number of carboxylic acid groups (broad SMARTS) is 1. The van der Waals surface area contributed by atoms with Crippen molar-refractivity contribution in [2.24, 2.45) is 0 Å². The average molecular weight is 390 g/mol. The van der Waals surface area contributed by atoms with Gasteiger partial charge in [0.05, 0.1) is 0 Å². The number of rotatable bonds is 10. The molecule has 0 aliphatic rings. The van der Waals surface area contributed by atoms with Gasteiger partial charge in [-0.25, -0.2) is 0 Å². The summed E-state index contributed by atoms with van der Waals surface area (Å²) in [6, 6.07) is 23.9. The molecule has 0 aliphatic carbocycles. The standard InChI is InChI=1S/C24H22O5/c25-23(20-4-2-1-3-5-20)17-29-22-13-8-19(9-14-22)16-28-21-11-6-18(7-12-21)10-15-24(26)27/h1-9,11-14H,10,15-17H2,(H,26,27). The summed E-state index contributed by atoms with van der Waals surface area (Å²) in [4.78, 5) is 22.7. The maximum absolute atomic E-state index is 12.1. The second-order valence-electron chi connectivity index (χ2n) is 6.55. The van der Waals surface area contributed by atoms with Gasteiger partial charge in [0.1, 0.15) is 18.1 Å². The number of ether oxygens (including phenoxy) is 2. The van der Waals surface area contributed by atoms with Crippen LogP contribution in [0.5, 0.6) is 11.5 Å². The minimum atomic E-state index is -0.804. The summed E-state index contributed by atoms with van der Waals surface area (Å²) in [6.45, 7) is 0.395. The van der Waals surface area contributed by atoms with E-state index in [2.05, 4.69) is 0 Å². The molecule has 0 spiro atoms. The maximum atomic E-state index is 12.1. The van der Waals surface area contributed by atoms with Crippen LogP contribution in [-0.4, -0.2) is 23.5 Å². The van der Waals surface area contributed by atoms with Crippen molar-refractivity contribution in [3.63, 3.8) is 0 Å². The van der Waals surface area contributed by atoms with Gasteiger partial charge < -0.3 is 14.6 Å². The molecule has 0 radical (unpaired) electrons. The predicted octanol–water partition coefficient (Wildman–Crippen LogP) is 4.54. The number of ketones is 1. The van der Waals surface area contributed by atoms with Crippen LogP contribution < -0.4 is 9.47 Å². The van der Waals surface area contributed by atoms with Crippen molar-refractivity contribution in [3.8, 4) is 11.5 Å². The van der Waals surface area contributed by atoms with Crippen molar-refractivity contribution in [1.82, 2.24) is 0 Å². The van der Waals surface area contributed by atoms with Gasteiger partial charge in [-0.15, -0.1) is 0 Å². The summed E-state index contributed by atoms with van der Waals surface area (Å²) in [5.41, 5.74) is 2.57. The van der Waals surface area contributed by atoms with Gasteiger partial charge in [-0.2, -0.15) is 0 Å². The zero-order valence-corrected chi connectivity index (χ0v) is 15.9. The lowest BCUT2D eigenvalue weighted by atomic mass is 10.1. The van der Waals surface area contributed by atoms with E-state index < -0.39 is 5.97 Å². The van der Waals surface area contributed by atoms with E-state index in [1.807, 2.05) is 66.7 Å². The van der Waals surface area contributed by atoms with Gasteiger partial charge >= 0.3 is 5.97 Å². The van der Waals surface area contributed by atoms with E-state index in [1.54, 1.807) is 12.1 Å². The minimum absolute atomic E-state index is 0.00587. The van der Waals surface area contributed by atoms with Crippen LogP contribution in [-0.2, 0) is 17.8 Å². The number of hydrogen-bond acceptors (Lipinski definition) is 4. The Morgan fingerprint density at radius 2 is 1.31 bits per heavy atom. The Balaban J connectivity index is 1.45. The van der Waals surface area contributed by atoms with Crippen LogP contribution in [0.15, 0.2) is 78.9 Å². The van der Waals surface area contributed by atoms with Gasteiger partial charge in [-0.3, -0.25) is 9.59 Å². The lowest BCUT2D eigenvalue weighted by Crippen LogP contribution is -2.11. The quantitative estimate of drug-likeness (QED) is 0.515. The zero-order chi connectivity index (χ0) is 20.5. The smallest absolute Gasteiger partial charge is 0.303 e. The normalized spacial score (nSPS) is 10.3. The molecule has 3 aromatic carbocycles. The summed E-state index contributed by atoms with van der Waals surface area (Å²) in [5.74, 6) is 0.477. The largest absolute Gasteiger partial charge is 0.489 e. The Morgan fingerprint density at radius 3 is 1.93 bits per heavy atom. The van der Waals surface area contributed by atoms with Gasteiger partial charge in [0, 0.05) is 12.0 Å². The number of carboxylic acids is 1. The molecule has 0 unspecified atom stereocenters. The van der Waals surface area contributed by atoms with Crippen LogP contribution in [0.3, 0.4) is 0 Å². The Bertz CT molecular complexity index is 931. The van der Waals surface area contributed by atoms with Gasteiger partial charge in [0.2, 0.25) is 0 Å². The number of hydrogen-bond donors (Lipinski definition) is 1. The topological polar surface area (TPSA) is 72.8 Å². The van der Waals surface area contributed by atoms with Crippen molar-refractivity contribution >= 4 is 11.8 Å². The molecule has 0 atom stereocenters. The van der Waals surface area contributed by atoms with Crippen LogP contribution in [0, 0.1) is 0 Å². The van der Waals surface area contributed by atoms with E-state index in [4.69, 9.17) is 14.6 Å². The Labute approximate surface area is 169 Å². The van der Waals surface area contributed by atoms with Crippen molar-refractivity contribution in [1.29, 1.82) is 0 Å². The first-order chi connectivity index (χ1) is 14.1. The second kappa shape index (κ2) is 10.1. The molecule has 0 amide bonds. The molecule has 148 valence electrons. The van der Waals surface area contributed by atoms with Crippen LogP contribution in [0.25, 0.3) is 0 Å². The van der Waals surface area contributed by atoms with Crippen molar-refractivity contribution in [3.05, 3.63) is 95.6 Å². The molecule has 3 aromatic rings. The third-order valence-electron chi connectivity index (χ3n) is 4.35. The zero-order valence-electron chi connectivity index (χ0n) is 15.9. The third kappa shape index (κ3) is 6.50. The number of carbonyl (C=O) groups excluding carboxylic acids is 1. The first-order valence-electron chi connectivity index (χ1n) is 9.34. The Hall–Kier alpha value is -3.60. The van der Waals surface area contributed by atoms with Gasteiger partial charge in [0.25, 0.3) is 0 Å². The molecule has 5 nitrogen and oxygen atoms in total. The minimum Gasteiger partial charge on any atom is -0.489 e. The Morgan fingerprint density at radius 1 is 0.724 bits per heavy atom. The highest BCUT2D eigenvalue weighted by atomic mass is 16.5. The molecule has 0 fully saturated rings. The van der Waals surface area contributed by atoms with Crippen molar-refractivity contribution in [2.45, 2.75) is 19.4 Å². The molecule has 0 saturated heterocycles. The number of carbonyl (C=O) groups is 2. The molecule has 0 bridgehead atoms. The molecule has 0 aliphatic heterocycles. The van der Waals surface area contributed by atoms with E-state index in [0.29, 0.717) is 24.3 Å². The highest BCUT2D eigenvalue weighted by Crippen LogP contribution is 2.17. The summed E-state index contributed by atoms with van der Waals surface area (Å²) in [7, 11) is 0. The third-order valence-corrected chi connectivity index (χ3v) is 4.35. The molecular weight excluding hydrogens is 368 g/mol.